The average molecular weight is 306 g/mol. The third-order valence-electron chi connectivity index (χ3n) is 0. The summed E-state index contributed by atoms with van der Waals surface area (Å²) in [7, 11) is -5.17. The van der Waals surface area contributed by atoms with Crippen LogP contribution in [0.25, 0.3) is 0 Å². The minimum atomic E-state index is -5.17. The van der Waals surface area contributed by atoms with Crippen LogP contribution in [0.2, 0.25) is 0 Å². The Morgan fingerprint density at radius 1 is 0.571 bits per heavy atom. The fourth-order valence-electron chi connectivity index (χ4n) is 0. The van der Waals surface area contributed by atoms with E-state index in [-0.39, 0.29) is 63.3 Å². The van der Waals surface area contributed by atoms with Crippen LogP contribution in [0.3, 0.4) is 0 Å². The molecule has 0 atom stereocenters. The molecule has 0 saturated heterocycles. The second kappa shape index (κ2) is 51.2. The van der Waals surface area contributed by atoms with Crippen molar-refractivity contribution in [2.75, 3.05) is 0 Å². The molecule has 0 unspecified atom stereocenters. The van der Waals surface area contributed by atoms with Gasteiger partial charge in [-0.1, -0.05) is 0 Å². The summed E-state index contributed by atoms with van der Waals surface area (Å²) < 4.78 is 34.1. The number of hydrogen-bond donors (Lipinski definition) is 0. The van der Waals surface area contributed by atoms with Crippen LogP contribution in [0.15, 0.2) is 0 Å². The van der Waals surface area contributed by atoms with Crippen LogP contribution in [0.5, 0.6) is 0 Å². The molecule has 0 bridgehead atoms. The van der Waals surface area contributed by atoms with Crippen LogP contribution in [0.4, 0.5) is 0 Å². The molecule has 96 valence electrons. The SMILES string of the molecule is O.O.O.O.O.O.O.O.O=S(=O)([O-])[O-].[Zn+2]. The van der Waals surface area contributed by atoms with Gasteiger partial charge in [-0.15, -0.1) is 0 Å². The van der Waals surface area contributed by atoms with Gasteiger partial charge in [-0.25, -0.2) is 0 Å². The Morgan fingerprint density at radius 3 is 0.571 bits per heavy atom. The van der Waals surface area contributed by atoms with Crippen LogP contribution in [-0.2, 0) is 29.9 Å². The van der Waals surface area contributed by atoms with Gasteiger partial charge in [0, 0.05) is 10.4 Å². The van der Waals surface area contributed by atoms with Crippen LogP contribution >= 0.6 is 0 Å². The first-order valence-corrected chi connectivity index (χ1v) is 2.00. The summed E-state index contributed by atoms with van der Waals surface area (Å²) in [6, 6.07) is 0. The Hall–Kier alpha value is 0.173. The van der Waals surface area contributed by atoms with Crippen molar-refractivity contribution >= 4 is 10.4 Å². The van der Waals surface area contributed by atoms with Gasteiger partial charge in [-0.2, -0.15) is 0 Å². The van der Waals surface area contributed by atoms with Gasteiger partial charge in [-0.3, -0.25) is 8.42 Å². The fraction of sp³-hybridized carbons (Fsp3) is 0. The van der Waals surface area contributed by atoms with Gasteiger partial charge in [0.15, 0.2) is 0 Å². The van der Waals surface area contributed by atoms with Gasteiger partial charge in [-0.05, 0) is 0 Å². The molecule has 0 aliphatic rings. The van der Waals surface area contributed by atoms with Gasteiger partial charge >= 0.3 is 19.5 Å². The smallest absolute Gasteiger partial charge is 0.759 e. The zero-order valence-electron chi connectivity index (χ0n) is 6.75. The Labute approximate surface area is 91.7 Å². The molecule has 12 nitrogen and oxygen atoms in total. The van der Waals surface area contributed by atoms with Crippen molar-refractivity contribution in [3.8, 4) is 0 Å². The average Bonchev–Trinajstić information content (AvgIpc) is 0.722. The van der Waals surface area contributed by atoms with E-state index in [9.17, 15) is 0 Å². The van der Waals surface area contributed by atoms with E-state index in [1.165, 1.54) is 0 Å². The Balaban J connectivity index is -0.00000000222. The normalized spacial score (nSPS) is 4.14. The Kier molecular flexibility index (Phi) is 517. The van der Waals surface area contributed by atoms with E-state index >= 15 is 0 Å². The minimum Gasteiger partial charge on any atom is -0.759 e. The van der Waals surface area contributed by atoms with E-state index in [0.29, 0.717) is 0 Å². The summed E-state index contributed by atoms with van der Waals surface area (Å²) in [5.74, 6) is 0. The molecule has 0 saturated carbocycles. The van der Waals surface area contributed by atoms with E-state index in [1.54, 1.807) is 0 Å². The fourth-order valence-corrected chi connectivity index (χ4v) is 0. The number of hydrogen-bond acceptors (Lipinski definition) is 4. The van der Waals surface area contributed by atoms with E-state index in [1.807, 2.05) is 0 Å². The first kappa shape index (κ1) is 141. The van der Waals surface area contributed by atoms with Crippen molar-refractivity contribution in [1.29, 1.82) is 0 Å². The molecule has 0 heterocycles. The maximum atomic E-state index is 8.52. The molecule has 0 spiro atoms. The Bertz CT molecular complexity index is 93.5. The van der Waals surface area contributed by atoms with E-state index in [0.717, 1.165) is 0 Å². The van der Waals surface area contributed by atoms with Crippen LogP contribution < -0.4 is 0 Å². The van der Waals surface area contributed by atoms with Crippen molar-refractivity contribution in [2.24, 2.45) is 0 Å². The molecule has 0 aliphatic heterocycles. The van der Waals surface area contributed by atoms with Crippen molar-refractivity contribution in [2.45, 2.75) is 0 Å². The molecular formula is H16O12SZn. The zero-order chi connectivity index (χ0) is 4.50. The van der Waals surface area contributed by atoms with E-state index in [2.05, 4.69) is 0 Å². The third-order valence-corrected chi connectivity index (χ3v) is 0. The number of rotatable bonds is 0. The molecule has 16 N–H and O–H groups in total. The summed E-state index contributed by atoms with van der Waals surface area (Å²) in [5, 5.41) is 0. The molecule has 0 aromatic carbocycles. The first-order chi connectivity index (χ1) is 2.00. The van der Waals surface area contributed by atoms with Crippen molar-refractivity contribution < 1.29 is 80.8 Å². The zero-order valence-corrected chi connectivity index (χ0v) is 10.5. The van der Waals surface area contributed by atoms with E-state index in [4.69, 9.17) is 17.5 Å². The predicted octanol–water partition coefficient (Wildman–Crippen LogP) is -7.94. The van der Waals surface area contributed by atoms with Crippen molar-refractivity contribution in [3.63, 3.8) is 0 Å². The summed E-state index contributed by atoms with van der Waals surface area (Å²) in [6.07, 6.45) is 0. The summed E-state index contributed by atoms with van der Waals surface area (Å²) >= 11 is 0. The van der Waals surface area contributed by atoms with Crippen LogP contribution in [0.1, 0.15) is 0 Å². The molecule has 14 heavy (non-hydrogen) atoms. The Morgan fingerprint density at radius 2 is 0.571 bits per heavy atom. The molecular weight excluding hydrogens is 289 g/mol. The molecule has 0 rings (SSSR count). The third kappa shape index (κ3) is 50600. The van der Waals surface area contributed by atoms with Gasteiger partial charge in [0.25, 0.3) is 0 Å². The first-order valence-electron chi connectivity index (χ1n) is 0.667. The molecule has 0 amide bonds. The maximum absolute atomic E-state index is 8.52. The predicted molar refractivity (Wildman–Crippen MR) is 39.4 cm³/mol. The molecule has 0 aromatic rings. The molecule has 0 aromatic heterocycles. The molecule has 0 fully saturated rings. The van der Waals surface area contributed by atoms with Gasteiger partial charge in [0.05, 0.1) is 0 Å². The summed E-state index contributed by atoms with van der Waals surface area (Å²) in [4.78, 5) is 0. The van der Waals surface area contributed by atoms with Crippen LogP contribution in [-0.4, -0.2) is 61.3 Å². The largest absolute Gasteiger partial charge is 2.00 e. The molecule has 14 heteroatoms. The minimum absolute atomic E-state index is 0. The molecule has 0 aliphatic carbocycles. The van der Waals surface area contributed by atoms with Gasteiger partial charge in [0.1, 0.15) is 0 Å². The standard InChI is InChI=1S/H2O4S.8H2O.Zn/c1-5(2,3)4;;;;;;;;;/h(H2,1,2,3,4);8*1H2;/q;;;;;;;;;+2/p-2. The summed E-state index contributed by atoms with van der Waals surface area (Å²) in [5.41, 5.74) is 0. The van der Waals surface area contributed by atoms with Gasteiger partial charge in [0.2, 0.25) is 0 Å². The second-order valence-corrected chi connectivity index (χ2v) is 1.22. The van der Waals surface area contributed by atoms with Crippen molar-refractivity contribution in [1.82, 2.24) is 0 Å². The van der Waals surface area contributed by atoms with Gasteiger partial charge < -0.3 is 52.9 Å². The maximum Gasteiger partial charge on any atom is 2.00 e. The quantitative estimate of drug-likeness (QED) is 0.238. The molecule has 0 radical (unpaired) electrons. The monoisotopic (exact) mass is 304 g/mol. The van der Waals surface area contributed by atoms with E-state index < -0.39 is 10.4 Å². The van der Waals surface area contributed by atoms with Crippen LogP contribution in [0, 0.1) is 0 Å². The summed E-state index contributed by atoms with van der Waals surface area (Å²) in [6.45, 7) is 0. The topological polar surface area (TPSA) is 332 Å². The van der Waals surface area contributed by atoms with Crippen molar-refractivity contribution in [3.05, 3.63) is 0 Å². The second-order valence-electron chi connectivity index (χ2n) is 0.408.